The van der Waals surface area contributed by atoms with E-state index in [0.717, 1.165) is 18.2 Å². The molecule has 0 bridgehead atoms. The van der Waals surface area contributed by atoms with Crippen molar-refractivity contribution in [3.05, 3.63) is 23.0 Å². The Morgan fingerprint density at radius 2 is 2.20 bits per heavy atom. The van der Waals surface area contributed by atoms with E-state index in [0.29, 0.717) is 5.69 Å². The van der Waals surface area contributed by atoms with Gasteiger partial charge in [-0.25, -0.2) is 4.39 Å². The fourth-order valence-electron chi connectivity index (χ4n) is 1.67. The summed E-state index contributed by atoms with van der Waals surface area (Å²) in [5.41, 5.74) is 7.05. The Kier molecular flexibility index (Phi) is 2.74. The van der Waals surface area contributed by atoms with Crippen molar-refractivity contribution in [3.8, 4) is 0 Å². The normalized spacial score (nSPS) is 15.4. The van der Waals surface area contributed by atoms with Crippen molar-refractivity contribution < 1.29 is 4.39 Å². The van der Waals surface area contributed by atoms with E-state index in [1.165, 1.54) is 25.0 Å². The third-order valence-corrected chi connectivity index (χ3v) is 3.00. The average Bonchev–Trinajstić information content (AvgIpc) is 2.95. The molecule has 0 atom stereocenters. The van der Waals surface area contributed by atoms with Gasteiger partial charge >= 0.3 is 0 Å². The van der Waals surface area contributed by atoms with Crippen molar-refractivity contribution in [2.75, 3.05) is 24.2 Å². The van der Waals surface area contributed by atoms with Crippen LogP contribution in [0.25, 0.3) is 0 Å². The van der Waals surface area contributed by atoms with E-state index in [-0.39, 0.29) is 5.02 Å². The molecule has 2 nitrogen and oxygen atoms in total. The molecule has 15 heavy (non-hydrogen) atoms. The van der Waals surface area contributed by atoms with Gasteiger partial charge in [0.25, 0.3) is 0 Å². The summed E-state index contributed by atoms with van der Waals surface area (Å²) in [6.07, 6.45) is 2.53. The number of halogens is 2. The first kappa shape index (κ1) is 10.6. The first-order valence-electron chi connectivity index (χ1n) is 5.03. The topological polar surface area (TPSA) is 29.3 Å². The van der Waals surface area contributed by atoms with E-state index in [9.17, 15) is 4.39 Å². The molecule has 0 spiro atoms. The molecular formula is C11H14ClFN2. The zero-order valence-corrected chi connectivity index (χ0v) is 9.39. The lowest BCUT2D eigenvalue weighted by atomic mass is 10.2. The van der Waals surface area contributed by atoms with Gasteiger partial charge in [0.05, 0.1) is 16.4 Å². The predicted octanol–water partition coefficient (Wildman–Crippen LogP) is 2.91. The molecule has 1 aliphatic rings. The Hall–Kier alpha value is -0.960. The lowest BCUT2D eigenvalue weighted by molar-refractivity contribution is 0.627. The summed E-state index contributed by atoms with van der Waals surface area (Å²) in [4.78, 5) is 1.99. The van der Waals surface area contributed by atoms with Gasteiger partial charge in [-0.3, -0.25) is 0 Å². The average molecular weight is 229 g/mol. The van der Waals surface area contributed by atoms with Gasteiger partial charge in [0.15, 0.2) is 0 Å². The molecule has 0 unspecified atom stereocenters. The summed E-state index contributed by atoms with van der Waals surface area (Å²) < 4.78 is 13.3. The van der Waals surface area contributed by atoms with Crippen LogP contribution in [0, 0.1) is 11.7 Å². The molecule has 0 radical (unpaired) electrons. The second-order valence-corrected chi connectivity index (χ2v) is 4.56. The number of anilines is 2. The van der Waals surface area contributed by atoms with Crippen LogP contribution in [0.4, 0.5) is 15.8 Å². The Balaban J connectivity index is 2.21. The zero-order chi connectivity index (χ0) is 11.0. The first-order valence-corrected chi connectivity index (χ1v) is 5.41. The van der Waals surface area contributed by atoms with Crippen LogP contribution in [-0.4, -0.2) is 13.6 Å². The molecule has 0 heterocycles. The van der Waals surface area contributed by atoms with Gasteiger partial charge in [-0.05, 0) is 24.8 Å². The fourth-order valence-corrected chi connectivity index (χ4v) is 1.84. The molecule has 1 aliphatic carbocycles. The van der Waals surface area contributed by atoms with Gasteiger partial charge in [0.1, 0.15) is 5.82 Å². The van der Waals surface area contributed by atoms with E-state index in [1.54, 1.807) is 0 Å². The summed E-state index contributed by atoms with van der Waals surface area (Å²) in [6.45, 7) is 0.936. The van der Waals surface area contributed by atoms with Crippen LogP contribution in [-0.2, 0) is 0 Å². The molecule has 0 aromatic heterocycles. The van der Waals surface area contributed by atoms with Crippen molar-refractivity contribution in [3.63, 3.8) is 0 Å². The van der Waals surface area contributed by atoms with Crippen molar-refractivity contribution in [1.29, 1.82) is 0 Å². The molecule has 4 heteroatoms. The highest BCUT2D eigenvalue weighted by atomic mass is 35.5. The maximum atomic E-state index is 13.3. The predicted molar refractivity (Wildman–Crippen MR) is 61.8 cm³/mol. The third kappa shape index (κ3) is 2.34. The minimum atomic E-state index is -0.413. The first-order chi connectivity index (χ1) is 7.08. The quantitative estimate of drug-likeness (QED) is 0.807. The molecule has 0 amide bonds. The summed E-state index contributed by atoms with van der Waals surface area (Å²) >= 11 is 5.64. The maximum absolute atomic E-state index is 13.3. The molecule has 82 valence electrons. The van der Waals surface area contributed by atoms with Gasteiger partial charge in [0, 0.05) is 19.7 Å². The summed E-state index contributed by atoms with van der Waals surface area (Å²) in [7, 11) is 1.93. The van der Waals surface area contributed by atoms with Crippen LogP contribution < -0.4 is 10.6 Å². The van der Waals surface area contributed by atoms with Crippen molar-refractivity contribution >= 4 is 23.0 Å². The van der Waals surface area contributed by atoms with E-state index in [1.807, 2.05) is 11.9 Å². The summed E-state index contributed by atoms with van der Waals surface area (Å²) in [5, 5.41) is 0.0797. The summed E-state index contributed by atoms with van der Waals surface area (Å²) in [5.74, 6) is 0.330. The summed E-state index contributed by atoms with van der Waals surface area (Å²) in [6, 6.07) is 2.87. The van der Waals surface area contributed by atoms with Gasteiger partial charge in [-0.15, -0.1) is 0 Å². The Morgan fingerprint density at radius 1 is 1.53 bits per heavy atom. The largest absolute Gasteiger partial charge is 0.397 e. The minimum absolute atomic E-state index is 0.0797. The van der Waals surface area contributed by atoms with Crippen LogP contribution in [0.1, 0.15) is 12.8 Å². The van der Waals surface area contributed by atoms with Crippen LogP contribution in [0.2, 0.25) is 5.02 Å². The number of hydrogen-bond acceptors (Lipinski definition) is 2. The maximum Gasteiger partial charge on any atom is 0.144 e. The van der Waals surface area contributed by atoms with Crippen LogP contribution in [0.3, 0.4) is 0 Å². The monoisotopic (exact) mass is 228 g/mol. The molecule has 0 saturated heterocycles. The molecule has 0 aliphatic heterocycles. The SMILES string of the molecule is CN(CC1CC1)c1cc(F)c(Cl)cc1N. The highest BCUT2D eigenvalue weighted by molar-refractivity contribution is 6.31. The van der Waals surface area contributed by atoms with Crippen molar-refractivity contribution in [1.82, 2.24) is 0 Å². The van der Waals surface area contributed by atoms with Gasteiger partial charge in [0.2, 0.25) is 0 Å². The second kappa shape index (κ2) is 3.89. The molecule has 1 fully saturated rings. The standard InChI is InChI=1S/C11H14ClFN2/c1-15(6-7-2-3-7)11-5-9(13)8(12)4-10(11)14/h4-5,7H,2-3,6,14H2,1H3. The fraction of sp³-hybridized carbons (Fsp3) is 0.455. The van der Waals surface area contributed by atoms with Crippen LogP contribution in [0.15, 0.2) is 12.1 Å². The van der Waals surface area contributed by atoms with E-state index in [2.05, 4.69) is 0 Å². The number of nitrogens with zero attached hydrogens (tertiary/aromatic N) is 1. The zero-order valence-electron chi connectivity index (χ0n) is 8.63. The smallest absolute Gasteiger partial charge is 0.144 e. The van der Waals surface area contributed by atoms with E-state index >= 15 is 0 Å². The highest BCUT2D eigenvalue weighted by Crippen LogP contribution is 2.34. The second-order valence-electron chi connectivity index (χ2n) is 4.15. The molecule has 2 rings (SSSR count). The molecule has 1 aromatic carbocycles. The molecule has 2 N–H and O–H groups in total. The van der Waals surface area contributed by atoms with E-state index in [4.69, 9.17) is 17.3 Å². The van der Waals surface area contributed by atoms with Crippen LogP contribution >= 0.6 is 11.6 Å². The lowest BCUT2D eigenvalue weighted by Gasteiger charge is -2.21. The van der Waals surface area contributed by atoms with Crippen molar-refractivity contribution in [2.45, 2.75) is 12.8 Å². The number of benzene rings is 1. The Labute approximate surface area is 93.8 Å². The Bertz CT molecular complexity index is 377. The van der Waals surface area contributed by atoms with Gasteiger partial charge in [-0.1, -0.05) is 11.6 Å². The number of nitrogen functional groups attached to an aromatic ring is 1. The van der Waals surface area contributed by atoms with Crippen molar-refractivity contribution in [2.24, 2.45) is 5.92 Å². The molecule has 1 saturated carbocycles. The number of rotatable bonds is 3. The minimum Gasteiger partial charge on any atom is -0.397 e. The number of hydrogen-bond donors (Lipinski definition) is 1. The molecular weight excluding hydrogens is 215 g/mol. The van der Waals surface area contributed by atoms with Gasteiger partial charge < -0.3 is 10.6 Å². The third-order valence-electron chi connectivity index (χ3n) is 2.71. The molecule has 1 aromatic rings. The lowest BCUT2D eigenvalue weighted by Crippen LogP contribution is -2.21. The number of nitrogens with two attached hydrogens (primary N) is 1. The Morgan fingerprint density at radius 3 is 2.80 bits per heavy atom. The highest BCUT2D eigenvalue weighted by Gasteiger charge is 2.23. The van der Waals surface area contributed by atoms with Crippen LogP contribution in [0.5, 0.6) is 0 Å². The van der Waals surface area contributed by atoms with Gasteiger partial charge in [-0.2, -0.15) is 0 Å². The van der Waals surface area contributed by atoms with E-state index < -0.39 is 5.82 Å².